The predicted octanol–water partition coefficient (Wildman–Crippen LogP) is 4.60. The Hall–Kier alpha value is -2.77. The number of para-hydroxylation sites is 1. The molecule has 0 spiro atoms. The van der Waals surface area contributed by atoms with Gasteiger partial charge < -0.3 is 14.0 Å². The van der Waals surface area contributed by atoms with Crippen molar-refractivity contribution >= 4 is 56.9 Å². The Kier molecular flexibility index (Phi) is 4.87. The van der Waals surface area contributed by atoms with E-state index in [0.717, 1.165) is 16.5 Å². The monoisotopic (exact) mass is 410 g/mol. The Morgan fingerprint density at radius 1 is 1.11 bits per heavy atom. The van der Waals surface area contributed by atoms with E-state index < -0.39 is 0 Å². The lowest BCUT2D eigenvalue weighted by Gasteiger charge is -2.18. The van der Waals surface area contributed by atoms with Gasteiger partial charge in [0.25, 0.3) is 5.91 Å². The van der Waals surface area contributed by atoms with Gasteiger partial charge in [-0.05, 0) is 24.3 Å². The number of thioether (sulfide) groups is 1. The number of carbonyl (C=O) groups is 1. The molecule has 0 aliphatic carbocycles. The van der Waals surface area contributed by atoms with Gasteiger partial charge in [0.05, 0.1) is 24.8 Å². The summed E-state index contributed by atoms with van der Waals surface area (Å²) >= 11 is 6.79. The molecule has 1 fully saturated rings. The number of methoxy groups -OCH3 is 2. The van der Waals surface area contributed by atoms with E-state index in [2.05, 4.69) is 16.7 Å². The van der Waals surface area contributed by atoms with Crippen LogP contribution in [0.2, 0.25) is 0 Å². The Labute approximate surface area is 172 Å². The van der Waals surface area contributed by atoms with Crippen molar-refractivity contribution in [3.8, 4) is 11.5 Å². The van der Waals surface area contributed by atoms with Gasteiger partial charge in [-0.15, -0.1) is 0 Å². The minimum absolute atomic E-state index is 0.161. The molecule has 3 aromatic rings. The number of amides is 1. The number of rotatable bonds is 4. The zero-order valence-corrected chi connectivity index (χ0v) is 17.3. The van der Waals surface area contributed by atoms with Crippen LogP contribution in [0.1, 0.15) is 5.56 Å². The first-order valence-electron chi connectivity index (χ1n) is 8.57. The fourth-order valence-electron chi connectivity index (χ4n) is 3.27. The highest BCUT2D eigenvalue weighted by molar-refractivity contribution is 8.27. The van der Waals surface area contributed by atoms with E-state index in [1.165, 1.54) is 16.7 Å². The van der Waals surface area contributed by atoms with Crippen LogP contribution >= 0.6 is 24.0 Å². The van der Waals surface area contributed by atoms with Crippen LogP contribution in [0.4, 0.5) is 5.69 Å². The number of benzene rings is 2. The van der Waals surface area contributed by atoms with E-state index >= 15 is 0 Å². The molecule has 1 amide bonds. The fraction of sp³-hybridized carbons (Fsp3) is 0.143. The van der Waals surface area contributed by atoms with Crippen molar-refractivity contribution in [2.75, 3.05) is 19.1 Å². The lowest BCUT2D eigenvalue weighted by Crippen LogP contribution is -2.27. The molecule has 1 aliphatic heterocycles. The first-order valence-corrected chi connectivity index (χ1v) is 9.80. The molecule has 2 aromatic carbocycles. The number of thiocarbonyl (C=S) groups is 1. The van der Waals surface area contributed by atoms with Gasteiger partial charge in [0.15, 0.2) is 4.32 Å². The van der Waals surface area contributed by atoms with Gasteiger partial charge >= 0.3 is 0 Å². The molecule has 5 nitrogen and oxygen atoms in total. The minimum atomic E-state index is -0.161. The lowest BCUT2D eigenvalue weighted by molar-refractivity contribution is -0.113. The zero-order chi connectivity index (χ0) is 19.8. The molecular formula is C21H18N2O3S2. The summed E-state index contributed by atoms with van der Waals surface area (Å²) < 4.78 is 13.2. The van der Waals surface area contributed by atoms with E-state index in [-0.39, 0.29) is 5.91 Å². The van der Waals surface area contributed by atoms with Gasteiger partial charge in [-0.25, -0.2) is 0 Å². The minimum Gasteiger partial charge on any atom is -0.497 e. The van der Waals surface area contributed by atoms with Gasteiger partial charge in [0, 0.05) is 35.8 Å². The fourth-order valence-corrected chi connectivity index (χ4v) is 4.55. The van der Waals surface area contributed by atoms with Crippen molar-refractivity contribution in [1.82, 2.24) is 4.57 Å². The summed E-state index contributed by atoms with van der Waals surface area (Å²) in [6.07, 6.45) is 3.92. The Bertz CT molecular complexity index is 1130. The van der Waals surface area contributed by atoms with Crippen molar-refractivity contribution in [2.24, 2.45) is 7.05 Å². The van der Waals surface area contributed by atoms with E-state index in [1.807, 2.05) is 31.5 Å². The number of aromatic nitrogens is 1. The summed E-state index contributed by atoms with van der Waals surface area (Å²) in [6.45, 7) is 0. The average molecular weight is 411 g/mol. The molecule has 2 heterocycles. The summed E-state index contributed by atoms with van der Waals surface area (Å²) in [5, 5.41) is 1.09. The van der Waals surface area contributed by atoms with E-state index in [1.54, 1.807) is 32.4 Å². The maximum atomic E-state index is 13.1. The number of hydrogen-bond acceptors (Lipinski definition) is 5. The third kappa shape index (κ3) is 3.06. The van der Waals surface area contributed by atoms with Crippen LogP contribution in [0.5, 0.6) is 11.5 Å². The second kappa shape index (κ2) is 7.33. The van der Waals surface area contributed by atoms with Crippen molar-refractivity contribution in [3.05, 3.63) is 59.1 Å². The Balaban J connectivity index is 1.74. The number of aryl methyl sites for hydroxylation is 1. The Morgan fingerprint density at radius 2 is 1.89 bits per heavy atom. The summed E-state index contributed by atoms with van der Waals surface area (Å²) in [6, 6.07) is 13.4. The van der Waals surface area contributed by atoms with Gasteiger partial charge in [0.1, 0.15) is 11.5 Å². The lowest BCUT2D eigenvalue weighted by atomic mass is 10.1. The van der Waals surface area contributed by atoms with Crippen LogP contribution in [0.15, 0.2) is 53.6 Å². The van der Waals surface area contributed by atoms with Gasteiger partial charge in [0.2, 0.25) is 0 Å². The van der Waals surface area contributed by atoms with E-state index in [4.69, 9.17) is 21.7 Å². The highest BCUT2D eigenvalue weighted by Crippen LogP contribution is 2.41. The van der Waals surface area contributed by atoms with Gasteiger partial charge in [-0.2, -0.15) is 0 Å². The molecule has 1 saturated heterocycles. The second-order valence-electron chi connectivity index (χ2n) is 6.27. The SMILES string of the molecule is COc1ccc(N2C(=O)C(=Cc3cn(C)c4ccccc34)SC2=S)c(OC)c1. The van der Waals surface area contributed by atoms with Crippen LogP contribution in [-0.4, -0.2) is 29.0 Å². The molecule has 0 unspecified atom stereocenters. The van der Waals surface area contributed by atoms with Crippen LogP contribution in [0, 0.1) is 0 Å². The summed E-state index contributed by atoms with van der Waals surface area (Å²) in [5.41, 5.74) is 2.70. The highest BCUT2D eigenvalue weighted by atomic mass is 32.2. The smallest absolute Gasteiger partial charge is 0.270 e. The third-order valence-electron chi connectivity index (χ3n) is 4.64. The van der Waals surface area contributed by atoms with Gasteiger partial charge in [-0.1, -0.05) is 42.2 Å². The number of hydrogen-bond donors (Lipinski definition) is 0. The first kappa shape index (κ1) is 18.6. The van der Waals surface area contributed by atoms with Crippen molar-refractivity contribution < 1.29 is 14.3 Å². The standard InChI is InChI=1S/C21H18N2O3S2/c1-22-12-13(15-6-4-5-7-16(15)22)10-19-20(24)23(21(27)28-19)17-9-8-14(25-2)11-18(17)26-3/h4-12H,1-3H3. The maximum absolute atomic E-state index is 13.1. The van der Waals surface area contributed by atoms with E-state index in [9.17, 15) is 4.79 Å². The molecule has 0 bridgehead atoms. The molecule has 0 radical (unpaired) electrons. The number of anilines is 1. The Morgan fingerprint density at radius 3 is 2.64 bits per heavy atom. The highest BCUT2D eigenvalue weighted by Gasteiger charge is 2.35. The van der Waals surface area contributed by atoms with E-state index in [0.29, 0.717) is 26.4 Å². The van der Waals surface area contributed by atoms with Crippen LogP contribution < -0.4 is 14.4 Å². The molecule has 1 aliphatic rings. The largest absolute Gasteiger partial charge is 0.497 e. The molecule has 0 atom stereocenters. The maximum Gasteiger partial charge on any atom is 0.270 e. The molecular weight excluding hydrogens is 392 g/mol. The summed E-state index contributed by atoms with van der Waals surface area (Å²) in [4.78, 5) is 15.2. The average Bonchev–Trinajstić information content (AvgIpc) is 3.17. The summed E-state index contributed by atoms with van der Waals surface area (Å²) in [7, 11) is 5.13. The van der Waals surface area contributed by atoms with Crippen LogP contribution in [0.25, 0.3) is 17.0 Å². The third-order valence-corrected chi connectivity index (χ3v) is 5.94. The predicted molar refractivity (Wildman–Crippen MR) is 118 cm³/mol. The number of carbonyl (C=O) groups excluding carboxylic acids is 1. The first-order chi connectivity index (χ1) is 13.5. The summed E-state index contributed by atoms with van der Waals surface area (Å²) in [5.74, 6) is 1.02. The van der Waals surface area contributed by atoms with Crippen molar-refractivity contribution in [3.63, 3.8) is 0 Å². The molecule has 28 heavy (non-hydrogen) atoms. The normalized spacial score (nSPS) is 15.7. The van der Waals surface area contributed by atoms with Crippen molar-refractivity contribution in [1.29, 1.82) is 0 Å². The zero-order valence-electron chi connectivity index (χ0n) is 15.6. The van der Waals surface area contributed by atoms with Crippen LogP contribution in [0.3, 0.4) is 0 Å². The van der Waals surface area contributed by atoms with Crippen LogP contribution in [-0.2, 0) is 11.8 Å². The second-order valence-corrected chi connectivity index (χ2v) is 7.94. The molecule has 4 rings (SSSR count). The molecule has 0 N–H and O–H groups in total. The van der Waals surface area contributed by atoms with Gasteiger partial charge in [-0.3, -0.25) is 9.69 Å². The molecule has 142 valence electrons. The topological polar surface area (TPSA) is 43.7 Å². The molecule has 0 saturated carbocycles. The quantitative estimate of drug-likeness (QED) is 0.465. The number of ether oxygens (including phenoxy) is 2. The van der Waals surface area contributed by atoms with Crippen molar-refractivity contribution in [2.45, 2.75) is 0 Å². The number of nitrogens with zero attached hydrogens (tertiary/aromatic N) is 2. The number of fused-ring (bicyclic) bond motifs is 1. The molecule has 1 aromatic heterocycles. The molecule has 7 heteroatoms.